The van der Waals surface area contributed by atoms with Gasteiger partial charge >= 0.3 is 12.2 Å². The predicted octanol–water partition coefficient (Wildman–Crippen LogP) is 7.42. The van der Waals surface area contributed by atoms with Crippen molar-refractivity contribution in [2.45, 2.75) is 63.5 Å². The summed E-state index contributed by atoms with van der Waals surface area (Å²) >= 11 is 1.68. The predicted molar refractivity (Wildman–Crippen MR) is 214 cm³/mol. The number of benzene rings is 3. The van der Waals surface area contributed by atoms with Gasteiger partial charge in [0.25, 0.3) is 0 Å². The summed E-state index contributed by atoms with van der Waals surface area (Å²) in [5, 5.41) is 8.36. The van der Waals surface area contributed by atoms with E-state index in [9.17, 15) is 14.4 Å². The highest BCUT2D eigenvalue weighted by molar-refractivity contribution is 8.00. The van der Waals surface area contributed by atoms with Gasteiger partial charge in [0, 0.05) is 24.4 Å². The van der Waals surface area contributed by atoms with E-state index >= 15 is 0 Å². The van der Waals surface area contributed by atoms with E-state index in [0.29, 0.717) is 25.4 Å². The summed E-state index contributed by atoms with van der Waals surface area (Å²) in [5.74, 6) is 2.59. The molecule has 3 aromatic carbocycles. The number of H-pyrrole nitrogens is 1. The molecule has 1 saturated carbocycles. The van der Waals surface area contributed by atoms with E-state index in [4.69, 9.17) is 19.5 Å². The highest BCUT2D eigenvalue weighted by atomic mass is 32.2. The number of likely N-dealkylation sites (tertiary alicyclic amines) is 1. The SMILES string of the molecule is C=C(C)OC(=O)N1CCS[C@H]1C1=NCC(c2ccc(-c3ccc4cc(-c5cnc([C@@H]6CC7(CC7)CN6C(=O)[C@@H](NC(=O)OC)C(C)C)[nH]5)ccc4c3)cc2)N1. The van der Waals surface area contributed by atoms with Crippen molar-refractivity contribution >= 4 is 46.5 Å². The van der Waals surface area contributed by atoms with E-state index in [2.05, 4.69) is 82.9 Å². The average molecular weight is 762 g/mol. The lowest BCUT2D eigenvalue weighted by Crippen LogP contribution is -2.51. The Balaban J connectivity index is 0.940. The van der Waals surface area contributed by atoms with Crippen LogP contribution in [0.15, 0.2) is 84.2 Å². The lowest BCUT2D eigenvalue weighted by atomic mass is 9.97. The van der Waals surface area contributed by atoms with Gasteiger partial charge in [0.15, 0.2) is 0 Å². The molecular formula is C42H47N7O5S. The second-order valence-corrected chi connectivity index (χ2v) is 16.7. The molecular weight excluding hydrogens is 715 g/mol. The van der Waals surface area contributed by atoms with E-state index in [1.807, 2.05) is 24.9 Å². The molecule has 3 N–H and O–H groups in total. The van der Waals surface area contributed by atoms with Crippen molar-refractivity contribution in [1.82, 2.24) is 30.4 Å². The second kappa shape index (κ2) is 14.7. The van der Waals surface area contributed by atoms with Crippen LogP contribution < -0.4 is 10.6 Å². The number of aromatic amines is 1. The van der Waals surface area contributed by atoms with Crippen molar-refractivity contribution < 1.29 is 23.9 Å². The number of carbonyl (C=O) groups is 3. The Kier molecular flexibility index (Phi) is 9.83. The number of rotatable bonds is 9. The van der Waals surface area contributed by atoms with Gasteiger partial charge in [-0.1, -0.05) is 69.0 Å². The number of hydrogen-bond donors (Lipinski definition) is 3. The second-order valence-electron chi connectivity index (χ2n) is 15.5. The lowest BCUT2D eigenvalue weighted by molar-refractivity contribution is -0.135. The van der Waals surface area contributed by atoms with Crippen LogP contribution in [0.5, 0.6) is 0 Å². The number of imidazole rings is 1. The fourth-order valence-corrected chi connectivity index (χ4v) is 9.19. The van der Waals surface area contributed by atoms with Gasteiger partial charge in [-0.15, -0.1) is 11.8 Å². The molecule has 55 heavy (non-hydrogen) atoms. The van der Waals surface area contributed by atoms with Crippen molar-refractivity contribution in [3.05, 3.63) is 90.6 Å². The monoisotopic (exact) mass is 761 g/mol. The Hall–Kier alpha value is -5.30. The standard InChI is InChI=1S/C42H47N7O5S/c1-24(2)35(47-40(51)53-5)38(50)49-23-42(14-15-42)20-34(49)36-43-22-33(45-36)31-13-12-29-18-28(10-11-30(29)19-31)26-6-8-27(9-7-26)32-21-44-37(46-32)39-48(16-17-55-39)41(52)54-25(3)4/h6-13,18-19,22,24,32,34-35,39H,3,14-17,20-21,23H2,1-2,4-5H3,(H,43,45)(H,44,46)(H,47,51)/t32?,34-,35-,39-/m0/s1. The van der Waals surface area contributed by atoms with Crippen LogP contribution in [0.3, 0.4) is 0 Å². The molecule has 12 nitrogen and oxygen atoms in total. The minimum Gasteiger partial charge on any atom is -0.453 e. The zero-order chi connectivity index (χ0) is 38.4. The number of aromatic nitrogens is 2. The van der Waals surface area contributed by atoms with Gasteiger partial charge in [-0.3, -0.25) is 14.7 Å². The van der Waals surface area contributed by atoms with Gasteiger partial charge < -0.3 is 30.0 Å². The minimum atomic E-state index is -0.677. The summed E-state index contributed by atoms with van der Waals surface area (Å²) in [6, 6.07) is 20.7. The number of hydrogen-bond acceptors (Lipinski definition) is 9. The van der Waals surface area contributed by atoms with Crippen molar-refractivity contribution in [2.75, 3.05) is 32.5 Å². The molecule has 0 bridgehead atoms. The molecule has 1 unspecified atom stereocenters. The number of thioether (sulfide) groups is 1. The maximum atomic E-state index is 13.9. The summed E-state index contributed by atoms with van der Waals surface area (Å²) in [5.41, 5.74) is 5.44. The maximum absolute atomic E-state index is 13.9. The average Bonchev–Trinajstić information content (AvgIpc) is 3.71. The van der Waals surface area contributed by atoms with E-state index in [1.165, 1.54) is 7.11 Å². The molecule has 4 heterocycles. The van der Waals surface area contributed by atoms with Gasteiger partial charge in [0.1, 0.15) is 23.1 Å². The van der Waals surface area contributed by atoms with Crippen LogP contribution >= 0.6 is 11.8 Å². The van der Waals surface area contributed by atoms with Crippen LogP contribution in [-0.2, 0) is 14.3 Å². The Labute approximate surface area is 325 Å². The van der Waals surface area contributed by atoms with Crippen LogP contribution in [0.2, 0.25) is 0 Å². The first kappa shape index (κ1) is 36.7. The Morgan fingerprint density at radius 3 is 2.40 bits per heavy atom. The highest BCUT2D eigenvalue weighted by Gasteiger charge is 2.55. The van der Waals surface area contributed by atoms with E-state index in [0.717, 1.165) is 75.4 Å². The van der Waals surface area contributed by atoms with Crippen LogP contribution in [0.4, 0.5) is 9.59 Å². The number of amidine groups is 1. The third-order valence-electron chi connectivity index (χ3n) is 11.2. The number of carbonyl (C=O) groups excluding carboxylic acids is 3. The molecule has 4 aliphatic rings. The summed E-state index contributed by atoms with van der Waals surface area (Å²) in [7, 11) is 1.31. The summed E-state index contributed by atoms with van der Waals surface area (Å²) in [4.78, 5) is 55.3. The summed E-state index contributed by atoms with van der Waals surface area (Å²) < 4.78 is 10.1. The zero-order valence-corrected chi connectivity index (χ0v) is 32.4. The van der Waals surface area contributed by atoms with Gasteiger partial charge in [-0.05, 0) is 77.1 Å². The number of amides is 3. The Morgan fingerprint density at radius 1 is 1.00 bits per heavy atom. The van der Waals surface area contributed by atoms with E-state index in [1.54, 1.807) is 23.6 Å². The molecule has 8 rings (SSSR count). The molecule has 3 aliphatic heterocycles. The van der Waals surface area contributed by atoms with Crippen LogP contribution in [0.25, 0.3) is 33.2 Å². The smallest absolute Gasteiger partial charge is 0.416 e. The first-order valence-corrected chi connectivity index (χ1v) is 20.0. The number of methoxy groups -OCH3 is 1. The Bertz CT molecular complexity index is 2180. The zero-order valence-electron chi connectivity index (χ0n) is 31.6. The fourth-order valence-electron chi connectivity index (χ4n) is 7.99. The third kappa shape index (κ3) is 7.41. The van der Waals surface area contributed by atoms with Gasteiger partial charge in [-0.2, -0.15) is 0 Å². The quantitative estimate of drug-likeness (QED) is 0.150. The maximum Gasteiger partial charge on any atom is 0.416 e. The molecule has 3 fully saturated rings. The molecule has 1 aliphatic carbocycles. The number of alkyl carbamates (subject to hydrolysis) is 1. The topological polar surface area (TPSA) is 141 Å². The van der Waals surface area contributed by atoms with Crippen molar-refractivity contribution in [3.63, 3.8) is 0 Å². The van der Waals surface area contributed by atoms with Gasteiger partial charge in [-0.25, -0.2) is 14.6 Å². The van der Waals surface area contributed by atoms with Crippen molar-refractivity contribution in [2.24, 2.45) is 16.3 Å². The van der Waals surface area contributed by atoms with Crippen LogP contribution in [0, 0.1) is 11.3 Å². The Morgan fingerprint density at radius 2 is 1.71 bits per heavy atom. The summed E-state index contributed by atoms with van der Waals surface area (Å²) in [6.07, 6.45) is 3.91. The molecule has 4 atom stereocenters. The number of ether oxygens (including phenoxy) is 2. The lowest BCUT2D eigenvalue weighted by Gasteiger charge is -2.30. The highest BCUT2D eigenvalue weighted by Crippen LogP contribution is 2.58. The molecule has 13 heteroatoms. The number of aliphatic imine (C=N–C) groups is 1. The van der Waals surface area contributed by atoms with E-state index < -0.39 is 12.1 Å². The molecule has 4 aromatic rings. The van der Waals surface area contributed by atoms with Crippen LogP contribution in [-0.4, -0.2) is 87.6 Å². The number of allylic oxidation sites excluding steroid dienone is 1. The first-order valence-electron chi connectivity index (χ1n) is 18.9. The molecule has 1 aromatic heterocycles. The van der Waals surface area contributed by atoms with Crippen LogP contribution in [0.1, 0.15) is 63.5 Å². The van der Waals surface area contributed by atoms with Crippen molar-refractivity contribution in [1.29, 1.82) is 0 Å². The largest absolute Gasteiger partial charge is 0.453 e. The molecule has 0 radical (unpaired) electrons. The van der Waals surface area contributed by atoms with E-state index in [-0.39, 0.29) is 40.8 Å². The molecule has 2 saturated heterocycles. The van der Waals surface area contributed by atoms with Crippen molar-refractivity contribution in [3.8, 4) is 22.4 Å². The third-order valence-corrected chi connectivity index (χ3v) is 12.4. The normalized spacial score (nSPS) is 21.8. The first-order chi connectivity index (χ1) is 26.5. The number of nitrogens with one attached hydrogen (secondary N) is 3. The number of nitrogens with zero attached hydrogens (tertiary/aromatic N) is 4. The molecule has 3 amide bonds. The molecule has 1 spiro atoms. The van der Waals surface area contributed by atoms with Gasteiger partial charge in [0.2, 0.25) is 5.91 Å². The summed E-state index contributed by atoms with van der Waals surface area (Å²) in [6.45, 7) is 11.1. The number of fused-ring (bicyclic) bond motifs is 1. The molecule has 286 valence electrons. The minimum absolute atomic E-state index is 0.0369. The fraction of sp³-hybridized carbons (Fsp3) is 0.405. The van der Waals surface area contributed by atoms with Gasteiger partial charge in [0.05, 0.1) is 43.4 Å².